The number of likely N-dealkylation sites (N-methyl/N-ethyl adjacent to an activating group) is 1. The fourth-order valence-electron chi connectivity index (χ4n) is 3.17. The number of alkyl carbamates (subject to hydrolysis) is 1. The molecule has 0 aliphatic rings. The van der Waals surface area contributed by atoms with Crippen molar-refractivity contribution in [1.82, 2.24) is 15.2 Å². The SMILES string of the molecule is CC.CCc1cccc(-c2cnc(C(=O)N(C)CCOCCNC(=O)OC(C)(C)C)c(NC(C)=O)c2)c1. The average Bonchev–Trinajstić information content (AvgIpc) is 2.85. The molecule has 37 heavy (non-hydrogen) atoms. The molecule has 0 fully saturated rings. The van der Waals surface area contributed by atoms with Gasteiger partial charge in [0, 0.05) is 38.8 Å². The number of aryl methyl sites for hydroxylation is 1. The fourth-order valence-corrected chi connectivity index (χ4v) is 3.17. The van der Waals surface area contributed by atoms with E-state index in [4.69, 9.17) is 9.47 Å². The Morgan fingerprint density at radius 1 is 1.05 bits per heavy atom. The first-order valence-electron chi connectivity index (χ1n) is 12.7. The Balaban J connectivity index is 0.00000334. The molecule has 0 atom stereocenters. The molecule has 2 rings (SSSR count). The molecule has 204 valence electrons. The van der Waals surface area contributed by atoms with Crippen LogP contribution in [0, 0.1) is 0 Å². The summed E-state index contributed by atoms with van der Waals surface area (Å²) >= 11 is 0. The van der Waals surface area contributed by atoms with Gasteiger partial charge >= 0.3 is 6.09 Å². The quantitative estimate of drug-likeness (QED) is 0.436. The lowest BCUT2D eigenvalue weighted by Crippen LogP contribution is -2.35. The van der Waals surface area contributed by atoms with Crippen LogP contribution in [0.3, 0.4) is 0 Å². The van der Waals surface area contributed by atoms with E-state index in [1.54, 1.807) is 40.1 Å². The van der Waals surface area contributed by atoms with E-state index in [1.807, 2.05) is 32.0 Å². The Morgan fingerprint density at radius 3 is 2.38 bits per heavy atom. The number of rotatable bonds is 10. The number of carbonyl (C=O) groups excluding carboxylic acids is 3. The van der Waals surface area contributed by atoms with Gasteiger partial charge in [-0.05, 0) is 44.4 Å². The lowest BCUT2D eigenvalue weighted by molar-refractivity contribution is -0.114. The number of benzene rings is 1. The van der Waals surface area contributed by atoms with Crippen molar-refractivity contribution in [3.05, 3.63) is 47.8 Å². The van der Waals surface area contributed by atoms with E-state index in [9.17, 15) is 14.4 Å². The minimum atomic E-state index is -0.560. The average molecular weight is 515 g/mol. The van der Waals surface area contributed by atoms with E-state index in [2.05, 4.69) is 28.6 Å². The summed E-state index contributed by atoms with van der Waals surface area (Å²) in [6, 6.07) is 9.83. The summed E-state index contributed by atoms with van der Waals surface area (Å²) in [5.74, 6) is -0.623. The van der Waals surface area contributed by atoms with E-state index < -0.39 is 11.7 Å². The first-order chi connectivity index (χ1) is 17.5. The Kier molecular flexibility index (Phi) is 13.3. The van der Waals surface area contributed by atoms with Crippen LogP contribution in [0.1, 0.15) is 64.5 Å². The molecule has 0 aliphatic carbocycles. The lowest BCUT2D eigenvalue weighted by Gasteiger charge is -2.20. The van der Waals surface area contributed by atoms with Gasteiger partial charge in [-0.15, -0.1) is 0 Å². The Morgan fingerprint density at radius 2 is 1.76 bits per heavy atom. The third-order valence-corrected chi connectivity index (χ3v) is 4.90. The molecule has 1 aromatic carbocycles. The zero-order chi connectivity index (χ0) is 28.0. The molecule has 9 heteroatoms. The number of nitrogens with zero attached hydrogens (tertiary/aromatic N) is 2. The number of ether oxygens (including phenoxy) is 2. The molecule has 0 unspecified atom stereocenters. The third-order valence-electron chi connectivity index (χ3n) is 4.90. The summed E-state index contributed by atoms with van der Waals surface area (Å²) in [6.07, 6.45) is 2.04. The largest absolute Gasteiger partial charge is 0.444 e. The summed E-state index contributed by atoms with van der Waals surface area (Å²) < 4.78 is 10.7. The number of aromatic nitrogens is 1. The van der Waals surface area contributed by atoms with Gasteiger partial charge in [0.25, 0.3) is 5.91 Å². The van der Waals surface area contributed by atoms with Gasteiger partial charge in [-0.2, -0.15) is 0 Å². The summed E-state index contributed by atoms with van der Waals surface area (Å²) in [4.78, 5) is 42.3. The van der Waals surface area contributed by atoms with Crippen LogP contribution < -0.4 is 10.6 Å². The highest BCUT2D eigenvalue weighted by molar-refractivity contribution is 6.02. The van der Waals surface area contributed by atoms with E-state index in [1.165, 1.54) is 17.4 Å². The van der Waals surface area contributed by atoms with Crippen molar-refractivity contribution in [3.63, 3.8) is 0 Å². The maximum absolute atomic E-state index is 13.0. The maximum Gasteiger partial charge on any atom is 0.407 e. The number of carbonyl (C=O) groups is 3. The highest BCUT2D eigenvalue weighted by atomic mass is 16.6. The molecule has 0 aliphatic heterocycles. The number of hydrogen-bond donors (Lipinski definition) is 2. The predicted octanol–water partition coefficient (Wildman–Crippen LogP) is 4.91. The van der Waals surface area contributed by atoms with Crippen LogP contribution in [-0.2, 0) is 20.7 Å². The van der Waals surface area contributed by atoms with Crippen LogP contribution in [0.5, 0.6) is 0 Å². The Hall–Kier alpha value is -3.46. The predicted molar refractivity (Wildman–Crippen MR) is 147 cm³/mol. The molecule has 0 spiro atoms. The van der Waals surface area contributed by atoms with Gasteiger partial charge in [-0.3, -0.25) is 9.59 Å². The zero-order valence-corrected chi connectivity index (χ0v) is 23.4. The number of hydrogen-bond acceptors (Lipinski definition) is 6. The topological polar surface area (TPSA) is 110 Å². The van der Waals surface area contributed by atoms with Crippen LogP contribution in [-0.4, -0.2) is 66.7 Å². The first-order valence-corrected chi connectivity index (χ1v) is 12.7. The summed E-state index contributed by atoms with van der Waals surface area (Å²) in [7, 11) is 1.64. The van der Waals surface area contributed by atoms with Gasteiger partial charge in [0.2, 0.25) is 5.91 Å². The molecule has 2 aromatic rings. The summed E-state index contributed by atoms with van der Waals surface area (Å²) in [6.45, 7) is 14.0. The van der Waals surface area contributed by atoms with Gasteiger partial charge in [-0.1, -0.05) is 45.0 Å². The summed E-state index contributed by atoms with van der Waals surface area (Å²) in [5.41, 5.74) is 2.91. The van der Waals surface area contributed by atoms with Crippen molar-refractivity contribution in [2.24, 2.45) is 0 Å². The highest BCUT2D eigenvalue weighted by Crippen LogP contribution is 2.26. The molecule has 2 N–H and O–H groups in total. The van der Waals surface area contributed by atoms with Crippen LogP contribution in [0.25, 0.3) is 11.1 Å². The molecule has 3 amide bonds. The number of pyridine rings is 1. The van der Waals surface area contributed by atoms with E-state index >= 15 is 0 Å². The normalized spacial score (nSPS) is 10.6. The van der Waals surface area contributed by atoms with Crippen molar-refractivity contribution < 1.29 is 23.9 Å². The second kappa shape index (κ2) is 15.6. The van der Waals surface area contributed by atoms with Crippen molar-refractivity contribution in [1.29, 1.82) is 0 Å². The maximum atomic E-state index is 13.0. The van der Waals surface area contributed by atoms with Gasteiger partial charge < -0.3 is 25.0 Å². The summed E-state index contributed by atoms with van der Waals surface area (Å²) in [5, 5.41) is 5.34. The molecule has 1 heterocycles. The molecule has 0 saturated carbocycles. The Labute approximate surface area is 220 Å². The second-order valence-electron chi connectivity index (χ2n) is 9.12. The lowest BCUT2D eigenvalue weighted by atomic mass is 10.0. The molecule has 0 bridgehead atoms. The van der Waals surface area contributed by atoms with Gasteiger partial charge in [-0.25, -0.2) is 9.78 Å². The standard InChI is InChI=1S/C26H36N4O5.C2H6/c1-7-19-9-8-10-20(15-19)21-16-22(29-18(2)31)23(28-17-21)24(32)30(6)12-14-34-13-11-27-25(33)35-26(3,4)5;1-2/h8-10,15-17H,7,11-14H2,1-6H3,(H,27,33)(H,29,31);1-2H3. The minimum Gasteiger partial charge on any atom is -0.444 e. The first kappa shape index (κ1) is 31.6. The van der Waals surface area contributed by atoms with Crippen molar-refractivity contribution in [2.45, 2.75) is 60.5 Å². The van der Waals surface area contributed by atoms with E-state index in [0.29, 0.717) is 18.8 Å². The fraction of sp³-hybridized carbons (Fsp3) is 0.500. The molecule has 0 saturated heterocycles. The van der Waals surface area contributed by atoms with Gasteiger partial charge in [0.15, 0.2) is 5.69 Å². The molecule has 0 radical (unpaired) electrons. The van der Waals surface area contributed by atoms with Gasteiger partial charge in [0.05, 0.1) is 18.9 Å². The third kappa shape index (κ3) is 11.4. The van der Waals surface area contributed by atoms with Crippen molar-refractivity contribution in [3.8, 4) is 11.1 Å². The van der Waals surface area contributed by atoms with Crippen LogP contribution in [0.4, 0.5) is 10.5 Å². The second-order valence-corrected chi connectivity index (χ2v) is 9.12. The van der Waals surface area contributed by atoms with Crippen molar-refractivity contribution in [2.75, 3.05) is 38.7 Å². The van der Waals surface area contributed by atoms with Crippen LogP contribution in [0.2, 0.25) is 0 Å². The smallest absolute Gasteiger partial charge is 0.407 e. The van der Waals surface area contributed by atoms with Crippen LogP contribution >= 0.6 is 0 Å². The monoisotopic (exact) mass is 514 g/mol. The Bertz CT molecular complexity index is 1030. The minimum absolute atomic E-state index is 0.157. The van der Waals surface area contributed by atoms with Gasteiger partial charge in [0.1, 0.15) is 5.60 Å². The van der Waals surface area contributed by atoms with E-state index in [0.717, 1.165) is 17.5 Å². The molecular formula is C28H42N4O5. The zero-order valence-electron chi connectivity index (χ0n) is 23.4. The van der Waals surface area contributed by atoms with Crippen LogP contribution in [0.15, 0.2) is 36.5 Å². The number of amides is 3. The highest BCUT2D eigenvalue weighted by Gasteiger charge is 2.20. The van der Waals surface area contributed by atoms with E-state index in [-0.39, 0.29) is 30.7 Å². The molecule has 9 nitrogen and oxygen atoms in total. The molecule has 1 aromatic heterocycles. The molecular weight excluding hydrogens is 472 g/mol. The number of nitrogens with one attached hydrogen (secondary N) is 2. The van der Waals surface area contributed by atoms with Crippen molar-refractivity contribution >= 4 is 23.6 Å². The number of anilines is 1.